The molecule has 0 N–H and O–H groups in total. The second-order valence-electron chi connectivity index (χ2n) is 5.25. The standard InChI is InChI=1S/C16H18ClN3O2S/c1-5-8-20-15(22)12-9-11(17)6-7-13(12)18-16(20)23-10(2)14(21)19(3)4/h5-7,9-10H,1,8H2,2-4H3/t10-/m1/s1. The summed E-state index contributed by atoms with van der Waals surface area (Å²) < 4.78 is 1.51. The van der Waals surface area contributed by atoms with Crippen LogP contribution in [-0.4, -0.2) is 39.7 Å². The number of carbonyl (C=O) groups is 1. The number of allylic oxidation sites excluding steroid dienone is 1. The van der Waals surface area contributed by atoms with E-state index in [1.807, 2.05) is 0 Å². The minimum absolute atomic E-state index is 0.0365. The predicted octanol–water partition coefficient (Wildman–Crippen LogP) is 2.80. The molecule has 0 saturated carbocycles. The van der Waals surface area contributed by atoms with E-state index in [4.69, 9.17) is 11.6 Å². The molecule has 2 aromatic rings. The Morgan fingerprint density at radius 3 is 2.83 bits per heavy atom. The number of hydrogen-bond donors (Lipinski definition) is 0. The third-order valence-corrected chi connectivity index (χ3v) is 4.58. The summed E-state index contributed by atoms with van der Waals surface area (Å²) in [6.45, 7) is 5.79. The van der Waals surface area contributed by atoms with Gasteiger partial charge in [-0.15, -0.1) is 6.58 Å². The molecule has 122 valence electrons. The molecule has 0 bridgehead atoms. The van der Waals surface area contributed by atoms with E-state index in [9.17, 15) is 9.59 Å². The number of benzene rings is 1. The Morgan fingerprint density at radius 2 is 2.22 bits per heavy atom. The molecule has 5 nitrogen and oxygen atoms in total. The van der Waals surface area contributed by atoms with Gasteiger partial charge in [-0.2, -0.15) is 0 Å². The van der Waals surface area contributed by atoms with Crippen LogP contribution in [0.2, 0.25) is 5.02 Å². The summed E-state index contributed by atoms with van der Waals surface area (Å²) in [5.41, 5.74) is 0.371. The Kier molecular flexibility index (Phi) is 5.49. The van der Waals surface area contributed by atoms with Gasteiger partial charge in [0.2, 0.25) is 5.91 Å². The molecule has 0 aliphatic heterocycles. The molecule has 0 saturated heterocycles. The fraction of sp³-hybridized carbons (Fsp3) is 0.312. The quantitative estimate of drug-likeness (QED) is 0.472. The van der Waals surface area contributed by atoms with Crippen LogP contribution in [0, 0.1) is 0 Å². The van der Waals surface area contributed by atoms with Crippen molar-refractivity contribution >= 4 is 40.2 Å². The molecule has 23 heavy (non-hydrogen) atoms. The largest absolute Gasteiger partial charge is 0.348 e. The van der Waals surface area contributed by atoms with Crippen molar-refractivity contribution in [1.29, 1.82) is 0 Å². The number of amides is 1. The van der Waals surface area contributed by atoms with Crippen LogP contribution in [0.15, 0.2) is 40.8 Å². The summed E-state index contributed by atoms with van der Waals surface area (Å²) >= 11 is 7.23. The van der Waals surface area contributed by atoms with Crippen molar-refractivity contribution in [3.8, 4) is 0 Å². The maximum Gasteiger partial charge on any atom is 0.262 e. The highest BCUT2D eigenvalue weighted by Crippen LogP contribution is 2.24. The molecule has 1 amide bonds. The number of rotatable bonds is 5. The molecule has 0 aliphatic rings. The number of thioether (sulfide) groups is 1. The monoisotopic (exact) mass is 351 g/mol. The average molecular weight is 352 g/mol. The lowest BCUT2D eigenvalue weighted by Gasteiger charge is -2.18. The second-order valence-corrected chi connectivity index (χ2v) is 7.00. The van der Waals surface area contributed by atoms with E-state index in [1.54, 1.807) is 45.3 Å². The van der Waals surface area contributed by atoms with Gasteiger partial charge >= 0.3 is 0 Å². The number of hydrogen-bond acceptors (Lipinski definition) is 4. The molecule has 1 atom stereocenters. The molecule has 0 radical (unpaired) electrons. The third-order valence-electron chi connectivity index (χ3n) is 3.26. The van der Waals surface area contributed by atoms with Crippen molar-refractivity contribution in [1.82, 2.24) is 14.5 Å². The van der Waals surface area contributed by atoms with Gasteiger partial charge in [0, 0.05) is 25.7 Å². The van der Waals surface area contributed by atoms with E-state index < -0.39 is 0 Å². The summed E-state index contributed by atoms with van der Waals surface area (Å²) in [4.78, 5) is 30.8. The zero-order chi connectivity index (χ0) is 17.1. The van der Waals surface area contributed by atoms with Gasteiger partial charge in [0.15, 0.2) is 5.16 Å². The van der Waals surface area contributed by atoms with Crippen LogP contribution in [0.25, 0.3) is 10.9 Å². The van der Waals surface area contributed by atoms with E-state index in [0.29, 0.717) is 27.6 Å². The Morgan fingerprint density at radius 1 is 1.52 bits per heavy atom. The SMILES string of the molecule is C=CCn1c(S[C@H](C)C(=O)N(C)C)nc2ccc(Cl)cc2c1=O. The first-order valence-electron chi connectivity index (χ1n) is 7.04. The van der Waals surface area contributed by atoms with Crippen LogP contribution in [0.1, 0.15) is 6.92 Å². The van der Waals surface area contributed by atoms with Crippen molar-refractivity contribution in [2.75, 3.05) is 14.1 Å². The lowest BCUT2D eigenvalue weighted by Crippen LogP contribution is -2.31. The number of halogens is 1. The summed E-state index contributed by atoms with van der Waals surface area (Å²) in [6, 6.07) is 5.01. The summed E-state index contributed by atoms with van der Waals surface area (Å²) in [7, 11) is 3.40. The molecule has 0 aliphatic carbocycles. The first-order valence-corrected chi connectivity index (χ1v) is 8.29. The molecule has 1 aromatic heterocycles. The summed E-state index contributed by atoms with van der Waals surface area (Å²) in [5, 5.41) is 1.08. The van der Waals surface area contributed by atoms with Gasteiger partial charge < -0.3 is 4.90 Å². The molecule has 0 unspecified atom stereocenters. The topological polar surface area (TPSA) is 55.2 Å². The van der Waals surface area contributed by atoms with Gasteiger partial charge in [0.1, 0.15) is 0 Å². The predicted molar refractivity (Wildman–Crippen MR) is 95.2 cm³/mol. The molecular weight excluding hydrogens is 334 g/mol. The molecule has 0 fully saturated rings. The smallest absolute Gasteiger partial charge is 0.262 e. The van der Waals surface area contributed by atoms with E-state index in [2.05, 4.69) is 11.6 Å². The Balaban J connectivity index is 2.56. The maximum absolute atomic E-state index is 12.7. The van der Waals surface area contributed by atoms with Crippen molar-refractivity contribution in [2.24, 2.45) is 0 Å². The van der Waals surface area contributed by atoms with Gasteiger partial charge in [0.05, 0.1) is 16.2 Å². The first kappa shape index (κ1) is 17.6. The highest BCUT2D eigenvalue weighted by atomic mass is 35.5. The van der Waals surface area contributed by atoms with Crippen LogP contribution in [0.3, 0.4) is 0 Å². The highest BCUT2D eigenvalue weighted by Gasteiger charge is 2.20. The number of carbonyl (C=O) groups excluding carboxylic acids is 1. The maximum atomic E-state index is 12.7. The minimum Gasteiger partial charge on any atom is -0.348 e. The van der Waals surface area contributed by atoms with Crippen molar-refractivity contribution in [3.05, 3.63) is 46.2 Å². The van der Waals surface area contributed by atoms with Gasteiger partial charge in [-0.1, -0.05) is 29.4 Å². The van der Waals surface area contributed by atoms with Crippen molar-refractivity contribution in [2.45, 2.75) is 23.9 Å². The molecule has 1 aromatic carbocycles. The Hall–Kier alpha value is -1.79. The fourth-order valence-electron chi connectivity index (χ4n) is 2.12. The van der Waals surface area contributed by atoms with Gasteiger partial charge in [-0.05, 0) is 25.1 Å². The van der Waals surface area contributed by atoms with E-state index in [-0.39, 0.29) is 16.7 Å². The minimum atomic E-state index is -0.349. The Bertz CT molecular complexity index is 817. The van der Waals surface area contributed by atoms with Crippen LogP contribution in [0.4, 0.5) is 0 Å². The molecule has 1 heterocycles. The zero-order valence-electron chi connectivity index (χ0n) is 13.2. The van der Waals surface area contributed by atoms with Crippen LogP contribution >= 0.6 is 23.4 Å². The van der Waals surface area contributed by atoms with E-state index >= 15 is 0 Å². The number of aromatic nitrogens is 2. The Labute approximate surface area is 144 Å². The normalized spacial score (nSPS) is 12.2. The molecular formula is C16H18ClN3O2S. The first-order chi connectivity index (χ1) is 10.8. The fourth-order valence-corrected chi connectivity index (χ4v) is 3.36. The van der Waals surface area contributed by atoms with E-state index in [0.717, 1.165) is 0 Å². The van der Waals surface area contributed by atoms with Crippen LogP contribution < -0.4 is 5.56 Å². The molecule has 0 spiro atoms. The summed E-state index contributed by atoms with van der Waals surface area (Å²) in [5.74, 6) is -0.0365. The van der Waals surface area contributed by atoms with Gasteiger partial charge in [-0.3, -0.25) is 14.2 Å². The lowest BCUT2D eigenvalue weighted by molar-refractivity contribution is -0.127. The van der Waals surface area contributed by atoms with Gasteiger partial charge in [-0.25, -0.2) is 4.98 Å². The van der Waals surface area contributed by atoms with Crippen molar-refractivity contribution in [3.63, 3.8) is 0 Å². The van der Waals surface area contributed by atoms with E-state index in [1.165, 1.54) is 21.2 Å². The van der Waals surface area contributed by atoms with Crippen LogP contribution in [0.5, 0.6) is 0 Å². The van der Waals surface area contributed by atoms with Crippen LogP contribution in [-0.2, 0) is 11.3 Å². The average Bonchev–Trinajstić information content (AvgIpc) is 2.51. The lowest BCUT2D eigenvalue weighted by atomic mass is 10.2. The summed E-state index contributed by atoms with van der Waals surface area (Å²) in [6.07, 6.45) is 1.63. The molecule has 7 heteroatoms. The van der Waals surface area contributed by atoms with Gasteiger partial charge in [0.25, 0.3) is 5.56 Å². The highest BCUT2D eigenvalue weighted by molar-refractivity contribution is 8.00. The molecule has 2 rings (SSSR count). The number of fused-ring (bicyclic) bond motifs is 1. The third kappa shape index (κ3) is 3.76. The van der Waals surface area contributed by atoms with Crippen molar-refractivity contribution < 1.29 is 4.79 Å². The second kappa shape index (κ2) is 7.19. The zero-order valence-corrected chi connectivity index (χ0v) is 14.8. The number of nitrogens with zero attached hydrogens (tertiary/aromatic N) is 3.